The molecule has 0 aliphatic rings. The number of ether oxygens (including phenoxy) is 1. The fourth-order valence-electron chi connectivity index (χ4n) is 4.24. The van der Waals surface area contributed by atoms with Crippen molar-refractivity contribution in [1.82, 2.24) is 15.0 Å². The third kappa shape index (κ3) is 4.99. The predicted molar refractivity (Wildman–Crippen MR) is 130 cm³/mol. The van der Waals surface area contributed by atoms with Crippen LogP contribution < -0.4 is 15.8 Å². The number of hydrogen-bond donors (Lipinski definition) is 2. The molecule has 2 aromatic carbocycles. The monoisotopic (exact) mass is 467 g/mol. The number of aromatic amines is 2. The van der Waals surface area contributed by atoms with Crippen molar-refractivity contribution in [1.29, 1.82) is 0 Å². The molecule has 1 unspecified atom stereocenters. The molecule has 0 bridgehead atoms. The molecule has 33 heavy (non-hydrogen) atoms. The van der Waals surface area contributed by atoms with Crippen LogP contribution in [-0.4, -0.2) is 27.2 Å². The molecule has 0 fully saturated rings. The van der Waals surface area contributed by atoms with Crippen molar-refractivity contribution >= 4 is 33.8 Å². The van der Waals surface area contributed by atoms with Gasteiger partial charge in [0.15, 0.2) is 5.52 Å². The highest BCUT2D eigenvalue weighted by molar-refractivity contribution is 6.30. The minimum absolute atomic E-state index is 0.00172. The van der Waals surface area contributed by atoms with Gasteiger partial charge >= 0.3 is 11.3 Å². The van der Waals surface area contributed by atoms with Gasteiger partial charge in [0.2, 0.25) is 5.52 Å². The summed E-state index contributed by atoms with van der Waals surface area (Å²) in [5.74, 6) is 0. The molecule has 0 amide bonds. The minimum Gasteiger partial charge on any atom is -0.371 e. The summed E-state index contributed by atoms with van der Waals surface area (Å²) >= 11 is 6.05. The maximum atomic E-state index is 12.6. The van der Waals surface area contributed by atoms with Crippen molar-refractivity contribution in [3.05, 3.63) is 78.9 Å². The number of hydrogen-bond acceptors (Lipinski definition) is 4. The average molecular weight is 468 g/mol. The molecule has 7 nitrogen and oxygen atoms in total. The first-order valence-electron chi connectivity index (χ1n) is 11.1. The van der Waals surface area contributed by atoms with Gasteiger partial charge < -0.3 is 4.74 Å². The topological polar surface area (TPSA) is 91.7 Å². The van der Waals surface area contributed by atoms with Gasteiger partial charge in [-0.2, -0.15) is 4.98 Å². The Hall–Kier alpha value is -3.03. The fraction of sp³-hybridized carbons (Fsp3) is 0.360. The van der Waals surface area contributed by atoms with Gasteiger partial charge in [-0.25, -0.2) is 14.3 Å². The standard InChI is InChI=1S/C25H27ClN4O3/c1-5-17-12-20-21(10-15(17)4)30(23-22(27-20)24(31)29-25(32)28-23)13-19(33-14(2)3)11-16-6-8-18(26)9-7-16/h6-10,12,14,19H,5,11,13H2,1-4H3,(H,29,31,32)/p+1. The van der Waals surface area contributed by atoms with Crippen LogP contribution in [-0.2, 0) is 24.1 Å². The van der Waals surface area contributed by atoms with E-state index in [4.69, 9.17) is 16.3 Å². The van der Waals surface area contributed by atoms with Crippen LogP contribution in [0.1, 0.15) is 37.5 Å². The van der Waals surface area contributed by atoms with E-state index in [1.54, 1.807) is 0 Å². The molecule has 0 aliphatic heterocycles. The van der Waals surface area contributed by atoms with E-state index in [1.165, 1.54) is 0 Å². The molecule has 2 heterocycles. The van der Waals surface area contributed by atoms with Gasteiger partial charge in [0.25, 0.3) is 5.56 Å². The number of nitrogens with one attached hydrogen (secondary N) is 2. The lowest BCUT2D eigenvalue weighted by atomic mass is 10.0. The van der Waals surface area contributed by atoms with Crippen LogP contribution in [0.25, 0.3) is 22.2 Å². The van der Waals surface area contributed by atoms with Crippen molar-refractivity contribution < 1.29 is 9.30 Å². The van der Waals surface area contributed by atoms with Crippen LogP contribution in [0, 0.1) is 6.92 Å². The minimum atomic E-state index is -0.566. The lowest BCUT2D eigenvalue weighted by molar-refractivity contribution is -0.656. The molecule has 0 saturated carbocycles. The highest BCUT2D eigenvalue weighted by Crippen LogP contribution is 2.19. The summed E-state index contributed by atoms with van der Waals surface area (Å²) in [6.45, 7) is 8.56. The van der Waals surface area contributed by atoms with Crippen molar-refractivity contribution in [2.75, 3.05) is 0 Å². The highest BCUT2D eigenvalue weighted by Gasteiger charge is 2.24. The van der Waals surface area contributed by atoms with Gasteiger partial charge in [0.1, 0.15) is 12.1 Å². The summed E-state index contributed by atoms with van der Waals surface area (Å²) in [7, 11) is 0. The average Bonchev–Trinajstić information content (AvgIpc) is 2.75. The zero-order valence-corrected chi connectivity index (χ0v) is 20.0. The Bertz CT molecular complexity index is 1420. The second-order valence-corrected chi connectivity index (χ2v) is 9.02. The van der Waals surface area contributed by atoms with Gasteiger partial charge in [0.05, 0.1) is 12.2 Å². The summed E-state index contributed by atoms with van der Waals surface area (Å²) in [6.07, 6.45) is 1.30. The lowest BCUT2D eigenvalue weighted by Crippen LogP contribution is -2.46. The Balaban J connectivity index is 1.91. The van der Waals surface area contributed by atoms with Gasteiger partial charge in [-0.3, -0.25) is 9.78 Å². The molecule has 0 spiro atoms. The molecular weight excluding hydrogens is 440 g/mol. The largest absolute Gasteiger partial charge is 0.413 e. The molecule has 2 aromatic heterocycles. The molecule has 0 radical (unpaired) electrons. The number of benzene rings is 2. The number of aromatic nitrogens is 4. The Labute approximate surface area is 196 Å². The number of rotatable bonds is 7. The van der Waals surface area contributed by atoms with E-state index in [1.807, 2.05) is 48.7 Å². The van der Waals surface area contributed by atoms with Crippen LogP contribution in [0.15, 0.2) is 46.0 Å². The first kappa shape index (κ1) is 23.1. The van der Waals surface area contributed by atoms with E-state index in [2.05, 4.69) is 34.9 Å². The van der Waals surface area contributed by atoms with E-state index >= 15 is 0 Å². The summed E-state index contributed by atoms with van der Waals surface area (Å²) in [4.78, 5) is 34.4. The molecule has 2 N–H and O–H groups in total. The smallest absolute Gasteiger partial charge is 0.371 e. The number of nitrogens with zero attached hydrogens (tertiary/aromatic N) is 2. The molecule has 8 heteroatoms. The quantitative estimate of drug-likeness (QED) is 0.321. The molecule has 172 valence electrons. The Kier molecular flexibility index (Phi) is 6.63. The van der Waals surface area contributed by atoms with E-state index in [0.29, 0.717) is 29.2 Å². The summed E-state index contributed by atoms with van der Waals surface area (Å²) in [5, 5.41) is 0.680. The van der Waals surface area contributed by atoms with Crippen LogP contribution >= 0.6 is 11.6 Å². The zero-order chi connectivity index (χ0) is 23.7. The van der Waals surface area contributed by atoms with Crippen molar-refractivity contribution in [2.45, 2.75) is 59.3 Å². The van der Waals surface area contributed by atoms with Gasteiger partial charge in [-0.15, -0.1) is 0 Å². The number of H-pyrrole nitrogens is 2. The second kappa shape index (κ2) is 9.45. The van der Waals surface area contributed by atoms with Crippen LogP contribution in [0.5, 0.6) is 0 Å². The molecule has 4 aromatic rings. The number of fused-ring (bicyclic) bond motifs is 2. The molecule has 1 atom stereocenters. The van der Waals surface area contributed by atoms with E-state index in [9.17, 15) is 9.59 Å². The predicted octanol–water partition coefficient (Wildman–Crippen LogP) is 3.61. The number of halogens is 1. The second-order valence-electron chi connectivity index (χ2n) is 8.59. The Morgan fingerprint density at radius 2 is 1.85 bits per heavy atom. The molecular formula is C25H28ClN4O3+. The van der Waals surface area contributed by atoms with Gasteiger partial charge in [0, 0.05) is 11.4 Å². The fourth-order valence-corrected chi connectivity index (χ4v) is 4.36. The molecule has 0 saturated heterocycles. The number of aryl methyl sites for hydroxylation is 2. The highest BCUT2D eigenvalue weighted by atomic mass is 35.5. The maximum Gasteiger partial charge on any atom is 0.413 e. The van der Waals surface area contributed by atoms with Crippen LogP contribution in [0.3, 0.4) is 0 Å². The molecule has 0 aliphatic carbocycles. The van der Waals surface area contributed by atoms with E-state index in [-0.39, 0.29) is 17.7 Å². The van der Waals surface area contributed by atoms with Gasteiger partial charge in [-0.05, 0) is 68.1 Å². The summed E-state index contributed by atoms with van der Waals surface area (Å²) < 4.78 is 8.22. The molecule has 4 rings (SSSR count). The third-order valence-corrected chi connectivity index (χ3v) is 5.98. The van der Waals surface area contributed by atoms with Gasteiger partial charge in [-0.1, -0.05) is 30.7 Å². The summed E-state index contributed by atoms with van der Waals surface area (Å²) in [5.41, 5.74) is 4.43. The SMILES string of the molecule is CCc1cc2nc3c(=O)[nH]c(=O)[nH]c3[n+](CC(Cc3ccc(Cl)cc3)OC(C)C)c2cc1C. The normalized spacial score (nSPS) is 12.7. The third-order valence-electron chi connectivity index (χ3n) is 5.73. The van der Waals surface area contributed by atoms with Crippen LogP contribution in [0.4, 0.5) is 0 Å². The van der Waals surface area contributed by atoms with E-state index in [0.717, 1.165) is 28.6 Å². The summed E-state index contributed by atoms with van der Waals surface area (Å²) in [6, 6.07) is 11.8. The van der Waals surface area contributed by atoms with Crippen LogP contribution in [0.2, 0.25) is 5.02 Å². The zero-order valence-electron chi connectivity index (χ0n) is 19.2. The first-order chi connectivity index (χ1) is 15.7. The Morgan fingerprint density at radius 1 is 1.12 bits per heavy atom. The lowest BCUT2D eigenvalue weighted by Gasteiger charge is -2.21. The van der Waals surface area contributed by atoms with Crippen molar-refractivity contribution in [3.63, 3.8) is 0 Å². The van der Waals surface area contributed by atoms with Crippen molar-refractivity contribution in [2.24, 2.45) is 0 Å². The van der Waals surface area contributed by atoms with E-state index < -0.39 is 11.2 Å². The first-order valence-corrected chi connectivity index (χ1v) is 11.5. The Morgan fingerprint density at radius 3 is 2.52 bits per heavy atom. The van der Waals surface area contributed by atoms with Crippen molar-refractivity contribution in [3.8, 4) is 0 Å². The maximum absolute atomic E-state index is 12.6.